The quantitative estimate of drug-likeness (QED) is 0.707. The van der Waals surface area contributed by atoms with Gasteiger partial charge in [0.25, 0.3) is 5.91 Å². The minimum Gasteiger partial charge on any atom is -0.383 e. The molecule has 1 rings (SSSR count). The summed E-state index contributed by atoms with van der Waals surface area (Å²) < 4.78 is 4.85. The van der Waals surface area contributed by atoms with Gasteiger partial charge in [-0.1, -0.05) is 13.8 Å². The number of methoxy groups -OCH3 is 1. The Kier molecular flexibility index (Phi) is 7.01. The first-order chi connectivity index (χ1) is 10.3. The van der Waals surface area contributed by atoms with Crippen molar-refractivity contribution in [1.29, 1.82) is 0 Å². The maximum atomic E-state index is 12.0. The molecule has 1 aromatic carbocycles. The molecule has 0 spiro atoms. The third-order valence-electron chi connectivity index (χ3n) is 3.10. The molecule has 1 aromatic rings. The van der Waals surface area contributed by atoms with E-state index in [2.05, 4.69) is 10.6 Å². The van der Waals surface area contributed by atoms with E-state index in [-0.39, 0.29) is 18.4 Å². The van der Waals surface area contributed by atoms with Gasteiger partial charge >= 0.3 is 0 Å². The molecule has 0 aliphatic rings. The summed E-state index contributed by atoms with van der Waals surface area (Å²) in [5.74, 6) is -0.0430. The minimum atomic E-state index is -0.724. The normalized spacial score (nSPS) is 12.1. The van der Waals surface area contributed by atoms with E-state index in [1.807, 2.05) is 20.8 Å². The lowest BCUT2D eigenvalue weighted by Gasteiger charge is -2.14. The number of carbonyl (C=O) groups excluding carboxylic acids is 2. The van der Waals surface area contributed by atoms with Gasteiger partial charge in [0.05, 0.1) is 6.61 Å². The number of nitrogens with two attached hydrogens (primary N) is 1. The van der Waals surface area contributed by atoms with E-state index in [4.69, 9.17) is 10.5 Å². The van der Waals surface area contributed by atoms with Gasteiger partial charge in [-0.05, 0) is 36.6 Å². The van der Waals surface area contributed by atoms with E-state index in [0.717, 1.165) is 5.56 Å². The Balaban J connectivity index is 2.73. The molecule has 0 heterocycles. The number of benzene rings is 1. The van der Waals surface area contributed by atoms with Crippen LogP contribution in [-0.2, 0) is 9.53 Å². The maximum Gasteiger partial charge on any atom is 0.251 e. The Morgan fingerprint density at radius 3 is 2.55 bits per heavy atom. The van der Waals surface area contributed by atoms with Crippen LogP contribution in [0.3, 0.4) is 0 Å². The van der Waals surface area contributed by atoms with E-state index in [9.17, 15) is 9.59 Å². The van der Waals surface area contributed by atoms with Crippen LogP contribution in [0.25, 0.3) is 0 Å². The Labute approximate surface area is 131 Å². The van der Waals surface area contributed by atoms with E-state index in [0.29, 0.717) is 23.7 Å². The van der Waals surface area contributed by atoms with Crippen molar-refractivity contribution in [1.82, 2.24) is 5.32 Å². The number of anilines is 1. The van der Waals surface area contributed by atoms with Gasteiger partial charge in [0.2, 0.25) is 5.91 Å². The third kappa shape index (κ3) is 5.46. The molecule has 0 saturated carbocycles. The van der Waals surface area contributed by atoms with Gasteiger partial charge in [0.1, 0.15) is 6.04 Å². The van der Waals surface area contributed by atoms with Crippen LogP contribution in [0.2, 0.25) is 0 Å². The van der Waals surface area contributed by atoms with E-state index < -0.39 is 6.04 Å². The first kappa shape index (κ1) is 18.1. The van der Waals surface area contributed by atoms with Gasteiger partial charge in [0.15, 0.2) is 0 Å². The SMILES string of the molecule is COCC(N)C(=O)Nc1ccc(C(=O)NCC(C)C)cc1C. The highest BCUT2D eigenvalue weighted by Gasteiger charge is 2.15. The van der Waals surface area contributed by atoms with Gasteiger partial charge in [-0.15, -0.1) is 0 Å². The van der Waals surface area contributed by atoms with Crippen molar-refractivity contribution >= 4 is 17.5 Å². The summed E-state index contributed by atoms with van der Waals surface area (Å²) in [6, 6.07) is 4.41. The summed E-state index contributed by atoms with van der Waals surface area (Å²) in [6.07, 6.45) is 0. The summed E-state index contributed by atoms with van der Waals surface area (Å²) in [5.41, 5.74) is 7.67. The summed E-state index contributed by atoms with van der Waals surface area (Å²) in [7, 11) is 1.49. The van der Waals surface area contributed by atoms with Gasteiger partial charge in [-0.2, -0.15) is 0 Å². The number of ether oxygens (including phenoxy) is 1. The van der Waals surface area contributed by atoms with Crippen molar-refractivity contribution in [3.63, 3.8) is 0 Å². The summed E-state index contributed by atoms with van der Waals surface area (Å²) in [5, 5.41) is 5.59. The average molecular weight is 307 g/mol. The smallest absolute Gasteiger partial charge is 0.251 e. The number of nitrogens with one attached hydrogen (secondary N) is 2. The predicted octanol–water partition coefficient (Wildman–Crippen LogP) is 1.29. The Morgan fingerprint density at radius 2 is 2.00 bits per heavy atom. The fraction of sp³-hybridized carbons (Fsp3) is 0.500. The lowest BCUT2D eigenvalue weighted by Crippen LogP contribution is -2.39. The molecule has 0 saturated heterocycles. The van der Waals surface area contributed by atoms with Gasteiger partial charge in [-0.25, -0.2) is 0 Å². The van der Waals surface area contributed by atoms with Crippen LogP contribution in [0.1, 0.15) is 29.8 Å². The molecular weight excluding hydrogens is 282 g/mol. The molecule has 2 amide bonds. The van der Waals surface area contributed by atoms with Crippen molar-refractivity contribution in [2.24, 2.45) is 11.7 Å². The van der Waals surface area contributed by atoms with Crippen LogP contribution in [-0.4, -0.2) is 38.1 Å². The second-order valence-corrected chi connectivity index (χ2v) is 5.68. The van der Waals surface area contributed by atoms with Crippen LogP contribution in [0.4, 0.5) is 5.69 Å². The summed E-state index contributed by atoms with van der Waals surface area (Å²) >= 11 is 0. The molecule has 0 bridgehead atoms. The Morgan fingerprint density at radius 1 is 1.32 bits per heavy atom. The molecule has 0 aromatic heterocycles. The number of hydrogen-bond acceptors (Lipinski definition) is 4. The zero-order chi connectivity index (χ0) is 16.7. The first-order valence-electron chi connectivity index (χ1n) is 7.29. The van der Waals surface area contributed by atoms with Crippen molar-refractivity contribution in [3.05, 3.63) is 29.3 Å². The highest BCUT2D eigenvalue weighted by atomic mass is 16.5. The number of carbonyl (C=O) groups is 2. The molecule has 1 atom stereocenters. The van der Waals surface area contributed by atoms with E-state index in [1.54, 1.807) is 18.2 Å². The second kappa shape index (κ2) is 8.51. The molecule has 0 aliphatic carbocycles. The largest absolute Gasteiger partial charge is 0.383 e. The topological polar surface area (TPSA) is 93.4 Å². The van der Waals surface area contributed by atoms with Crippen molar-refractivity contribution in [2.45, 2.75) is 26.8 Å². The summed E-state index contributed by atoms with van der Waals surface area (Å²) in [4.78, 5) is 23.8. The molecule has 0 radical (unpaired) electrons. The highest BCUT2D eigenvalue weighted by molar-refractivity contribution is 5.98. The molecule has 6 heteroatoms. The standard InChI is InChI=1S/C16H25N3O3/c1-10(2)8-18-15(20)12-5-6-14(11(3)7-12)19-16(21)13(17)9-22-4/h5-7,10,13H,8-9,17H2,1-4H3,(H,18,20)(H,19,21). The molecular formula is C16H25N3O3. The molecule has 22 heavy (non-hydrogen) atoms. The lowest BCUT2D eigenvalue weighted by molar-refractivity contribution is -0.118. The molecule has 0 fully saturated rings. The maximum absolute atomic E-state index is 12.0. The number of hydrogen-bond donors (Lipinski definition) is 3. The number of rotatable bonds is 7. The molecule has 122 valence electrons. The minimum absolute atomic E-state index is 0.120. The number of amides is 2. The summed E-state index contributed by atoms with van der Waals surface area (Å²) in [6.45, 7) is 6.68. The van der Waals surface area contributed by atoms with Crippen LogP contribution in [0, 0.1) is 12.8 Å². The van der Waals surface area contributed by atoms with Crippen LogP contribution in [0.15, 0.2) is 18.2 Å². The Bertz CT molecular complexity index is 529. The predicted molar refractivity (Wildman–Crippen MR) is 86.8 cm³/mol. The van der Waals surface area contributed by atoms with Crippen molar-refractivity contribution in [3.8, 4) is 0 Å². The van der Waals surface area contributed by atoms with Crippen molar-refractivity contribution < 1.29 is 14.3 Å². The highest BCUT2D eigenvalue weighted by Crippen LogP contribution is 2.17. The zero-order valence-electron chi connectivity index (χ0n) is 13.6. The zero-order valence-corrected chi connectivity index (χ0v) is 13.6. The lowest BCUT2D eigenvalue weighted by atomic mass is 10.1. The van der Waals surface area contributed by atoms with Crippen LogP contribution >= 0.6 is 0 Å². The van der Waals surface area contributed by atoms with E-state index >= 15 is 0 Å². The molecule has 0 aliphatic heterocycles. The van der Waals surface area contributed by atoms with Gasteiger partial charge in [0, 0.05) is 24.9 Å². The second-order valence-electron chi connectivity index (χ2n) is 5.68. The third-order valence-corrected chi connectivity index (χ3v) is 3.10. The van der Waals surface area contributed by atoms with Crippen LogP contribution in [0.5, 0.6) is 0 Å². The average Bonchev–Trinajstić information content (AvgIpc) is 2.46. The fourth-order valence-corrected chi connectivity index (χ4v) is 1.82. The number of aryl methyl sites for hydroxylation is 1. The van der Waals surface area contributed by atoms with Gasteiger partial charge in [-0.3, -0.25) is 9.59 Å². The van der Waals surface area contributed by atoms with Crippen molar-refractivity contribution in [2.75, 3.05) is 25.6 Å². The molecule has 6 nitrogen and oxygen atoms in total. The molecule has 4 N–H and O–H groups in total. The van der Waals surface area contributed by atoms with Crippen LogP contribution < -0.4 is 16.4 Å². The Hall–Kier alpha value is -1.92. The molecule has 1 unspecified atom stereocenters. The van der Waals surface area contributed by atoms with E-state index in [1.165, 1.54) is 7.11 Å². The fourth-order valence-electron chi connectivity index (χ4n) is 1.82. The first-order valence-corrected chi connectivity index (χ1v) is 7.29. The van der Waals surface area contributed by atoms with Gasteiger partial charge < -0.3 is 21.1 Å². The monoisotopic (exact) mass is 307 g/mol.